The van der Waals surface area contributed by atoms with Crippen LogP contribution >= 0.6 is 0 Å². The Hall–Kier alpha value is -2.52. The van der Waals surface area contributed by atoms with E-state index in [4.69, 9.17) is 15.6 Å². The highest BCUT2D eigenvalue weighted by atomic mass is 16.5. The van der Waals surface area contributed by atoms with Crippen LogP contribution in [-0.2, 0) is 9.59 Å². The highest BCUT2D eigenvalue weighted by Crippen LogP contribution is 2.58. The molecule has 2 aliphatic rings. The largest absolute Gasteiger partial charge is 0.474 e. The fourth-order valence-electron chi connectivity index (χ4n) is 4.31. The molecule has 1 aromatic rings. The predicted molar refractivity (Wildman–Crippen MR) is 99.3 cm³/mol. The Morgan fingerprint density at radius 3 is 2.75 bits per heavy atom. The van der Waals surface area contributed by atoms with Gasteiger partial charge in [-0.1, -0.05) is 0 Å². The van der Waals surface area contributed by atoms with Gasteiger partial charge in [-0.05, 0) is 56.7 Å². The number of aliphatic hydroxyl groups is 1. The van der Waals surface area contributed by atoms with Crippen molar-refractivity contribution in [3.63, 3.8) is 0 Å². The molecular weight excluding hydrogens is 364 g/mol. The number of pyridine rings is 1. The van der Waals surface area contributed by atoms with Crippen LogP contribution in [0.5, 0.6) is 5.88 Å². The maximum Gasteiger partial charge on any atom is 0.254 e. The minimum atomic E-state index is -0.581. The maximum atomic E-state index is 12.5. The minimum absolute atomic E-state index is 0.0602. The van der Waals surface area contributed by atoms with Gasteiger partial charge in [-0.3, -0.25) is 19.3 Å². The molecule has 1 aromatic heterocycles. The third kappa shape index (κ3) is 3.85. The molecule has 4 N–H and O–H groups in total. The van der Waals surface area contributed by atoms with Crippen molar-refractivity contribution in [2.45, 2.75) is 50.3 Å². The molecule has 9 heteroatoms. The fourth-order valence-corrected chi connectivity index (χ4v) is 4.31. The highest BCUT2D eigenvalue weighted by Gasteiger charge is 2.56. The van der Waals surface area contributed by atoms with Crippen molar-refractivity contribution in [1.82, 2.24) is 15.2 Å². The Morgan fingerprint density at radius 2 is 2.18 bits per heavy atom. The van der Waals surface area contributed by atoms with E-state index in [0.717, 1.165) is 25.7 Å². The first-order chi connectivity index (χ1) is 13.4. The van der Waals surface area contributed by atoms with Crippen LogP contribution in [-0.4, -0.2) is 65.1 Å². The van der Waals surface area contributed by atoms with Gasteiger partial charge in [0.25, 0.3) is 5.91 Å². The molecule has 1 unspecified atom stereocenters. The van der Waals surface area contributed by atoms with Crippen LogP contribution in [0.4, 0.5) is 0 Å². The standard InChI is InChI=1S/C19H26N4O5/c1-21-15(4-6-24)18(27)23(11-25)12-7-19(8-12)9-13(10-19)28-17-14(16(20)26)3-2-5-22-17/h2-3,5,11-13,15,21,24H,4,6-10H2,1H3,(H2,20,26)/t12-,13-,15?,19?. The topological polar surface area (TPSA) is 135 Å². The predicted octanol–water partition coefficient (Wildman–Crippen LogP) is -0.174. The quantitative estimate of drug-likeness (QED) is 0.498. The summed E-state index contributed by atoms with van der Waals surface area (Å²) in [5.41, 5.74) is 5.66. The molecule has 2 fully saturated rings. The summed E-state index contributed by atoms with van der Waals surface area (Å²) < 4.78 is 5.83. The summed E-state index contributed by atoms with van der Waals surface area (Å²) in [6.07, 6.45) is 5.37. The average Bonchev–Trinajstić information content (AvgIpc) is 2.62. The Balaban J connectivity index is 1.53. The zero-order chi connectivity index (χ0) is 20.3. The van der Waals surface area contributed by atoms with Crippen LogP contribution in [0, 0.1) is 5.41 Å². The molecular formula is C19H26N4O5. The Kier molecular flexibility index (Phi) is 5.95. The summed E-state index contributed by atoms with van der Waals surface area (Å²) in [6.45, 7) is -0.127. The number of carbonyl (C=O) groups is 3. The van der Waals surface area contributed by atoms with Crippen LogP contribution < -0.4 is 15.8 Å². The lowest BCUT2D eigenvalue weighted by Gasteiger charge is -2.58. The molecule has 3 rings (SSSR count). The molecule has 2 aliphatic carbocycles. The normalized spacial score (nSPS) is 26.6. The second kappa shape index (κ2) is 8.24. The fraction of sp³-hybridized carbons (Fsp3) is 0.579. The Labute approximate surface area is 163 Å². The van der Waals surface area contributed by atoms with Crippen molar-refractivity contribution in [3.8, 4) is 5.88 Å². The number of likely N-dealkylation sites (N-methyl/N-ethyl adjacent to an activating group) is 1. The van der Waals surface area contributed by atoms with E-state index >= 15 is 0 Å². The molecule has 1 heterocycles. The number of primary amides is 1. The molecule has 3 amide bonds. The number of nitrogens with zero attached hydrogens (tertiary/aromatic N) is 2. The lowest BCUT2D eigenvalue weighted by molar-refractivity contribution is -0.156. The van der Waals surface area contributed by atoms with E-state index < -0.39 is 11.9 Å². The van der Waals surface area contributed by atoms with Gasteiger partial charge in [0.05, 0.1) is 6.04 Å². The summed E-state index contributed by atoms with van der Waals surface area (Å²) in [4.78, 5) is 40.8. The van der Waals surface area contributed by atoms with E-state index in [2.05, 4.69) is 10.3 Å². The second-order valence-electron chi connectivity index (χ2n) is 7.64. The number of rotatable bonds is 9. The summed E-state index contributed by atoms with van der Waals surface area (Å²) in [7, 11) is 1.63. The first kappa shape index (κ1) is 20.2. The molecule has 0 bridgehead atoms. The molecule has 0 aliphatic heterocycles. The van der Waals surface area contributed by atoms with E-state index in [1.807, 2.05) is 0 Å². The van der Waals surface area contributed by atoms with Crippen molar-refractivity contribution >= 4 is 18.2 Å². The second-order valence-corrected chi connectivity index (χ2v) is 7.64. The zero-order valence-corrected chi connectivity index (χ0v) is 15.8. The van der Waals surface area contributed by atoms with Crippen molar-refractivity contribution in [2.24, 2.45) is 11.1 Å². The number of ether oxygens (including phenoxy) is 1. The van der Waals surface area contributed by atoms with Crippen molar-refractivity contribution in [1.29, 1.82) is 0 Å². The number of nitrogens with one attached hydrogen (secondary N) is 1. The van der Waals surface area contributed by atoms with Crippen LogP contribution in [0.3, 0.4) is 0 Å². The third-order valence-electron chi connectivity index (χ3n) is 5.80. The molecule has 0 saturated heterocycles. The number of imide groups is 1. The first-order valence-corrected chi connectivity index (χ1v) is 9.40. The average molecular weight is 390 g/mol. The summed E-state index contributed by atoms with van der Waals surface area (Å²) in [5, 5.41) is 11.9. The summed E-state index contributed by atoms with van der Waals surface area (Å²) >= 11 is 0. The maximum absolute atomic E-state index is 12.5. The van der Waals surface area contributed by atoms with Crippen molar-refractivity contribution < 1.29 is 24.2 Å². The molecule has 28 heavy (non-hydrogen) atoms. The van der Waals surface area contributed by atoms with Gasteiger partial charge in [0.1, 0.15) is 11.7 Å². The van der Waals surface area contributed by atoms with Crippen molar-refractivity contribution in [3.05, 3.63) is 23.9 Å². The van der Waals surface area contributed by atoms with Gasteiger partial charge in [0.2, 0.25) is 18.2 Å². The number of aliphatic hydroxyl groups excluding tert-OH is 1. The number of amides is 3. The number of aromatic nitrogens is 1. The van der Waals surface area contributed by atoms with Gasteiger partial charge in [-0.2, -0.15) is 0 Å². The van der Waals surface area contributed by atoms with E-state index in [-0.39, 0.29) is 47.9 Å². The Bertz CT molecular complexity index is 742. The summed E-state index contributed by atoms with van der Waals surface area (Å²) in [6, 6.07) is 2.51. The molecule has 9 nitrogen and oxygen atoms in total. The van der Waals surface area contributed by atoms with Crippen LogP contribution in [0.25, 0.3) is 0 Å². The monoisotopic (exact) mass is 390 g/mol. The number of nitrogens with two attached hydrogens (primary N) is 1. The number of hydrogen-bond acceptors (Lipinski definition) is 7. The molecule has 0 aromatic carbocycles. The van der Waals surface area contributed by atoms with Crippen LogP contribution in [0.1, 0.15) is 42.5 Å². The van der Waals surface area contributed by atoms with E-state index in [0.29, 0.717) is 6.41 Å². The SMILES string of the molecule is CNC(CCO)C(=O)N(C=O)[C@H]1CC2(C[C@H](Oc3ncccc3C(N)=O)C2)C1. The molecule has 2 saturated carbocycles. The third-order valence-corrected chi connectivity index (χ3v) is 5.80. The number of hydrogen-bond donors (Lipinski definition) is 3. The van der Waals surface area contributed by atoms with E-state index in [1.165, 1.54) is 4.90 Å². The Morgan fingerprint density at radius 1 is 1.46 bits per heavy atom. The molecule has 152 valence electrons. The smallest absolute Gasteiger partial charge is 0.254 e. The molecule has 1 atom stereocenters. The lowest BCUT2D eigenvalue weighted by Crippen LogP contribution is -2.61. The van der Waals surface area contributed by atoms with E-state index in [9.17, 15) is 14.4 Å². The summed E-state index contributed by atoms with van der Waals surface area (Å²) in [5.74, 6) is -0.641. The minimum Gasteiger partial charge on any atom is -0.474 e. The first-order valence-electron chi connectivity index (χ1n) is 9.40. The van der Waals surface area contributed by atoms with Gasteiger partial charge in [0.15, 0.2) is 0 Å². The van der Waals surface area contributed by atoms with Gasteiger partial charge in [-0.25, -0.2) is 4.98 Å². The van der Waals surface area contributed by atoms with Gasteiger partial charge in [0, 0.05) is 18.8 Å². The zero-order valence-electron chi connectivity index (χ0n) is 15.8. The number of carbonyl (C=O) groups excluding carboxylic acids is 3. The molecule has 1 spiro atoms. The van der Waals surface area contributed by atoms with E-state index in [1.54, 1.807) is 25.4 Å². The van der Waals surface area contributed by atoms with Gasteiger partial charge < -0.3 is 20.9 Å². The lowest BCUT2D eigenvalue weighted by atomic mass is 9.52. The molecule has 0 radical (unpaired) electrons. The van der Waals surface area contributed by atoms with Gasteiger partial charge in [-0.15, -0.1) is 0 Å². The van der Waals surface area contributed by atoms with Crippen LogP contribution in [0.2, 0.25) is 0 Å². The highest BCUT2D eigenvalue weighted by molar-refractivity contribution is 5.95. The van der Waals surface area contributed by atoms with Gasteiger partial charge >= 0.3 is 0 Å². The van der Waals surface area contributed by atoms with Crippen molar-refractivity contribution in [2.75, 3.05) is 13.7 Å². The van der Waals surface area contributed by atoms with Crippen LogP contribution in [0.15, 0.2) is 18.3 Å².